The SMILES string of the molecule is COc1ccc(-c2csc3ncnc(NCCN4CCCC[C@@H]4C)c23)cc1. The third kappa shape index (κ3) is 3.92. The van der Waals surface area contributed by atoms with Gasteiger partial charge >= 0.3 is 0 Å². The number of rotatable bonds is 6. The topological polar surface area (TPSA) is 50.3 Å². The Morgan fingerprint density at radius 2 is 2.07 bits per heavy atom. The Labute approximate surface area is 164 Å². The van der Waals surface area contributed by atoms with E-state index in [-0.39, 0.29) is 0 Å². The highest BCUT2D eigenvalue weighted by Crippen LogP contribution is 2.36. The number of likely N-dealkylation sites (tertiary alicyclic amines) is 1. The summed E-state index contributed by atoms with van der Waals surface area (Å²) in [4.78, 5) is 12.6. The molecule has 6 heteroatoms. The van der Waals surface area contributed by atoms with Crippen molar-refractivity contribution in [1.82, 2.24) is 14.9 Å². The van der Waals surface area contributed by atoms with Crippen molar-refractivity contribution < 1.29 is 4.74 Å². The number of methoxy groups -OCH3 is 1. The first-order chi connectivity index (χ1) is 13.3. The van der Waals surface area contributed by atoms with Crippen LogP contribution in [0, 0.1) is 0 Å². The number of hydrogen-bond donors (Lipinski definition) is 1. The zero-order chi connectivity index (χ0) is 18.6. The molecule has 3 aromatic rings. The second-order valence-corrected chi connectivity index (χ2v) is 7.95. The Kier molecular flexibility index (Phi) is 5.55. The lowest BCUT2D eigenvalue weighted by molar-refractivity contribution is 0.167. The maximum atomic E-state index is 5.28. The number of hydrogen-bond acceptors (Lipinski definition) is 6. The van der Waals surface area contributed by atoms with E-state index in [0.717, 1.165) is 40.4 Å². The maximum Gasteiger partial charge on any atom is 0.138 e. The van der Waals surface area contributed by atoms with Crippen LogP contribution in [0.5, 0.6) is 5.75 Å². The molecule has 142 valence electrons. The van der Waals surface area contributed by atoms with Crippen molar-refractivity contribution in [3.8, 4) is 16.9 Å². The number of fused-ring (bicyclic) bond motifs is 1. The second kappa shape index (κ2) is 8.23. The minimum atomic E-state index is 0.682. The van der Waals surface area contributed by atoms with E-state index in [1.165, 1.54) is 31.4 Å². The lowest BCUT2D eigenvalue weighted by Gasteiger charge is -2.33. The number of benzene rings is 1. The summed E-state index contributed by atoms with van der Waals surface area (Å²) >= 11 is 1.66. The second-order valence-electron chi connectivity index (χ2n) is 7.09. The van der Waals surface area contributed by atoms with Crippen molar-refractivity contribution in [2.45, 2.75) is 32.2 Å². The molecule has 5 nitrogen and oxygen atoms in total. The van der Waals surface area contributed by atoms with E-state index in [1.54, 1.807) is 24.8 Å². The van der Waals surface area contributed by atoms with Gasteiger partial charge in [0.15, 0.2) is 0 Å². The van der Waals surface area contributed by atoms with Gasteiger partial charge < -0.3 is 10.1 Å². The summed E-state index contributed by atoms with van der Waals surface area (Å²) in [5, 5.41) is 6.84. The average Bonchev–Trinajstić information content (AvgIpc) is 3.14. The summed E-state index contributed by atoms with van der Waals surface area (Å²) in [5.74, 6) is 1.79. The Morgan fingerprint density at radius 1 is 1.22 bits per heavy atom. The Balaban J connectivity index is 1.54. The van der Waals surface area contributed by atoms with Crippen molar-refractivity contribution in [2.24, 2.45) is 0 Å². The molecular weight excluding hydrogens is 356 g/mol. The molecule has 27 heavy (non-hydrogen) atoms. The minimum absolute atomic E-state index is 0.682. The van der Waals surface area contributed by atoms with Crippen LogP contribution in [0.15, 0.2) is 36.0 Å². The number of thiophene rings is 1. The van der Waals surface area contributed by atoms with Crippen molar-refractivity contribution >= 4 is 27.4 Å². The molecule has 1 N–H and O–H groups in total. The standard InChI is InChI=1S/C21H26N4OS/c1-15-5-3-4-11-25(15)12-10-22-20-19-18(13-27-21(19)24-14-23-20)16-6-8-17(26-2)9-7-16/h6-9,13-15H,3-5,10-12H2,1-2H3,(H,22,23,24)/t15-/m0/s1. The van der Waals surface area contributed by atoms with Crippen molar-refractivity contribution in [3.63, 3.8) is 0 Å². The van der Waals surface area contributed by atoms with Crippen LogP contribution in [0.2, 0.25) is 0 Å². The molecule has 1 saturated heterocycles. The van der Waals surface area contributed by atoms with Gasteiger partial charge in [0.05, 0.1) is 12.5 Å². The van der Waals surface area contributed by atoms with E-state index < -0.39 is 0 Å². The third-order valence-corrected chi connectivity index (χ3v) is 6.29. The summed E-state index contributed by atoms with van der Waals surface area (Å²) in [6, 6.07) is 8.85. The van der Waals surface area contributed by atoms with Gasteiger partial charge in [-0.3, -0.25) is 4.90 Å². The maximum absolute atomic E-state index is 5.28. The molecule has 3 heterocycles. The predicted molar refractivity (Wildman–Crippen MR) is 113 cm³/mol. The molecule has 0 saturated carbocycles. The van der Waals surface area contributed by atoms with Crippen LogP contribution in [0.4, 0.5) is 5.82 Å². The molecule has 0 unspecified atom stereocenters. The molecule has 1 aliphatic rings. The fraction of sp³-hybridized carbons (Fsp3) is 0.429. The number of aromatic nitrogens is 2. The van der Waals surface area contributed by atoms with E-state index in [9.17, 15) is 0 Å². The average molecular weight is 383 g/mol. The zero-order valence-corrected chi connectivity index (χ0v) is 16.8. The van der Waals surface area contributed by atoms with Gasteiger partial charge in [-0.2, -0.15) is 0 Å². The van der Waals surface area contributed by atoms with E-state index in [4.69, 9.17) is 4.74 Å². The molecule has 1 aliphatic heterocycles. The first-order valence-corrected chi connectivity index (χ1v) is 10.5. The lowest BCUT2D eigenvalue weighted by atomic mass is 10.0. The molecule has 0 radical (unpaired) electrons. The van der Waals surface area contributed by atoms with Gasteiger partial charge in [-0.05, 0) is 44.0 Å². The number of nitrogens with one attached hydrogen (secondary N) is 1. The highest BCUT2D eigenvalue weighted by Gasteiger charge is 2.18. The fourth-order valence-corrected chi connectivity index (χ4v) is 4.72. The molecule has 4 rings (SSSR count). The van der Waals surface area contributed by atoms with Crippen LogP contribution in [0.1, 0.15) is 26.2 Å². The molecule has 0 bridgehead atoms. The van der Waals surface area contributed by atoms with E-state index >= 15 is 0 Å². The largest absolute Gasteiger partial charge is 0.497 e. The third-order valence-electron chi connectivity index (χ3n) is 5.40. The van der Waals surface area contributed by atoms with Crippen molar-refractivity contribution in [2.75, 3.05) is 32.1 Å². The molecular formula is C21H26N4OS. The number of piperidine rings is 1. The van der Waals surface area contributed by atoms with Crippen LogP contribution in [-0.4, -0.2) is 47.7 Å². The van der Waals surface area contributed by atoms with Gasteiger partial charge in [0.2, 0.25) is 0 Å². The quantitative estimate of drug-likeness (QED) is 0.672. The smallest absolute Gasteiger partial charge is 0.138 e. The van der Waals surface area contributed by atoms with Gasteiger partial charge in [0.1, 0.15) is 22.7 Å². The molecule has 0 aliphatic carbocycles. The normalized spacial score (nSPS) is 17.9. The molecule has 1 aromatic carbocycles. The van der Waals surface area contributed by atoms with Gasteiger partial charge in [-0.1, -0.05) is 18.6 Å². The summed E-state index contributed by atoms with van der Waals surface area (Å²) in [5.41, 5.74) is 2.33. The van der Waals surface area contributed by atoms with Gasteiger partial charge in [0, 0.05) is 30.1 Å². The lowest BCUT2D eigenvalue weighted by Crippen LogP contribution is -2.40. The summed E-state index contributed by atoms with van der Waals surface area (Å²) in [7, 11) is 1.69. The predicted octanol–water partition coefficient (Wildman–Crippen LogP) is 4.65. The summed E-state index contributed by atoms with van der Waals surface area (Å²) < 4.78 is 5.28. The van der Waals surface area contributed by atoms with Crippen LogP contribution in [0.3, 0.4) is 0 Å². The molecule has 2 aromatic heterocycles. The Morgan fingerprint density at radius 3 is 2.85 bits per heavy atom. The minimum Gasteiger partial charge on any atom is -0.497 e. The molecule has 1 fully saturated rings. The van der Waals surface area contributed by atoms with E-state index in [1.807, 2.05) is 12.1 Å². The monoisotopic (exact) mass is 382 g/mol. The Hall–Kier alpha value is -2.18. The number of anilines is 1. The highest BCUT2D eigenvalue weighted by atomic mass is 32.1. The summed E-state index contributed by atoms with van der Waals surface area (Å²) in [6.07, 6.45) is 5.64. The fourth-order valence-electron chi connectivity index (χ4n) is 3.80. The van der Waals surface area contributed by atoms with Crippen LogP contribution < -0.4 is 10.1 Å². The van der Waals surface area contributed by atoms with Gasteiger partial charge in [-0.15, -0.1) is 11.3 Å². The molecule has 0 spiro atoms. The molecule has 1 atom stereocenters. The molecule has 0 amide bonds. The first-order valence-electron chi connectivity index (χ1n) is 9.61. The van der Waals surface area contributed by atoms with Gasteiger partial charge in [0.25, 0.3) is 0 Å². The van der Waals surface area contributed by atoms with E-state index in [2.05, 4.69) is 44.6 Å². The van der Waals surface area contributed by atoms with Crippen molar-refractivity contribution in [1.29, 1.82) is 0 Å². The van der Waals surface area contributed by atoms with Gasteiger partial charge in [-0.25, -0.2) is 9.97 Å². The Bertz CT molecular complexity index is 893. The zero-order valence-electron chi connectivity index (χ0n) is 15.9. The van der Waals surface area contributed by atoms with Crippen LogP contribution in [0.25, 0.3) is 21.3 Å². The first kappa shape index (κ1) is 18.2. The van der Waals surface area contributed by atoms with Crippen LogP contribution in [-0.2, 0) is 0 Å². The number of ether oxygens (including phenoxy) is 1. The van der Waals surface area contributed by atoms with E-state index in [0.29, 0.717) is 6.04 Å². The summed E-state index contributed by atoms with van der Waals surface area (Å²) in [6.45, 7) is 5.49. The number of nitrogens with zero attached hydrogens (tertiary/aromatic N) is 3. The highest BCUT2D eigenvalue weighted by molar-refractivity contribution is 7.17. The van der Waals surface area contributed by atoms with Crippen LogP contribution >= 0.6 is 11.3 Å². The van der Waals surface area contributed by atoms with Crippen molar-refractivity contribution in [3.05, 3.63) is 36.0 Å².